The molecular weight excluding hydrogens is 335 g/mol. The molecular formula is C20H17FN2O3. The highest BCUT2D eigenvalue weighted by molar-refractivity contribution is 5.97. The Morgan fingerprint density at radius 2 is 2.00 bits per heavy atom. The number of carbonyl (C=O) groups excluding carboxylic acids is 1. The standard InChI is InChI=1S/C20H17FN2O3/c21-13-2-3-16-14(8-13)15(10-22-16)20(5-6-20)19(24)23-9-12-1-4-17-18(7-12)26-11-25-17/h1-4,7-8,10,22H,5-6,9,11H2,(H,23,24). The predicted octanol–water partition coefficient (Wildman–Crippen LogP) is 3.38. The Labute approximate surface area is 149 Å². The molecule has 0 atom stereocenters. The second kappa shape index (κ2) is 5.49. The van der Waals surface area contributed by atoms with E-state index in [9.17, 15) is 9.18 Å². The van der Waals surface area contributed by atoms with Gasteiger partial charge >= 0.3 is 0 Å². The largest absolute Gasteiger partial charge is 0.454 e. The fraction of sp³-hybridized carbons (Fsp3) is 0.250. The number of benzene rings is 2. The van der Waals surface area contributed by atoms with Crippen LogP contribution in [0.3, 0.4) is 0 Å². The minimum absolute atomic E-state index is 0.0275. The van der Waals surface area contributed by atoms with Crippen LogP contribution < -0.4 is 14.8 Å². The number of carbonyl (C=O) groups is 1. The monoisotopic (exact) mass is 352 g/mol. The highest BCUT2D eigenvalue weighted by Gasteiger charge is 2.52. The molecule has 2 heterocycles. The van der Waals surface area contributed by atoms with Crippen molar-refractivity contribution < 1.29 is 18.7 Å². The molecule has 5 nitrogen and oxygen atoms in total. The van der Waals surface area contributed by atoms with Crippen molar-refractivity contribution in [1.82, 2.24) is 10.3 Å². The zero-order valence-corrected chi connectivity index (χ0v) is 14.0. The lowest BCUT2D eigenvalue weighted by Crippen LogP contribution is -2.34. The molecule has 2 aliphatic rings. The number of halogens is 1. The Morgan fingerprint density at radius 1 is 1.15 bits per heavy atom. The Bertz CT molecular complexity index is 1020. The summed E-state index contributed by atoms with van der Waals surface area (Å²) in [7, 11) is 0. The van der Waals surface area contributed by atoms with Gasteiger partial charge in [-0.1, -0.05) is 6.07 Å². The number of hydrogen-bond donors (Lipinski definition) is 2. The molecule has 6 heteroatoms. The van der Waals surface area contributed by atoms with Crippen molar-refractivity contribution in [3.63, 3.8) is 0 Å². The van der Waals surface area contributed by atoms with Crippen LogP contribution in [0.1, 0.15) is 24.0 Å². The molecule has 1 fully saturated rings. The summed E-state index contributed by atoms with van der Waals surface area (Å²) < 4.78 is 24.3. The van der Waals surface area contributed by atoms with Crippen molar-refractivity contribution in [3.05, 3.63) is 59.5 Å². The maximum Gasteiger partial charge on any atom is 0.231 e. The molecule has 0 saturated heterocycles. The molecule has 0 spiro atoms. The van der Waals surface area contributed by atoms with Gasteiger partial charge in [0.05, 0.1) is 5.41 Å². The van der Waals surface area contributed by atoms with E-state index in [4.69, 9.17) is 9.47 Å². The molecule has 1 aliphatic heterocycles. The van der Waals surface area contributed by atoms with Crippen LogP contribution in [0.25, 0.3) is 10.9 Å². The van der Waals surface area contributed by atoms with Crippen LogP contribution in [0.15, 0.2) is 42.6 Å². The van der Waals surface area contributed by atoms with E-state index in [1.54, 1.807) is 6.07 Å². The Hall–Kier alpha value is -3.02. The number of aromatic amines is 1. The quantitative estimate of drug-likeness (QED) is 0.757. The summed E-state index contributed by atoms with van der Waals surface area (Å²) in [5.74, 6) is 1.10. The number of nitrogens with one attached hydrogen (secondary N) is 2. The van der Waals surface area contributed by atoms with Gasteiger partial charge < -0.3 is 19.8 Å². The number of fused-ring (bicyclic) bond motifs is 2. The molecule has 3 aromatic rings. The predicted molar refractivity (Wildman–Crippen MR) is 93.6 cm³/mol. The number of rotatable bonds is 4. The second-order valence-electron chi connectivity index (χ2n) is 6.84. The zero-order chi connectivity index (χ0) is 17.7. The molecule has 1 aliphatic carbocycles. The first-order valence-corrected chi connectivity index (χ1v) is 8.60. The van der Waals surface area contributed by atoms with Gasteiger partial charge in [0.25, 0.3) is 0 Å². The summed E-state index contributed by atoms with van der Waals surface area (Å²) in [6.45, 7) is 0.638. The van der Waals surface area contributed by atoms with Gasteiger partial charge in [-0.2, -0.15) is 0 Å². The fourth-order valence-electron chi connectivity index (χ4n) is 3.63. The average Bonchev–Trinajstić information content (AvgIpc) is 3.13. The molecule has 0 unspecified atom stereocenters. The maximum atomic E-state index is 13.6. The van der Waals surface area contributed by atoms with Gasteiger partial charge in [-0.05, 0) is 54.3 Å². The van der Waals surface area contributed by atoms with Gasteiger partial charge in [0.2, 0.25) is 12.7 Å². The molecule has 1 amide bonds. The van der Waals surface area contributed by atoms with Crippen LogP contribution in [0.4, 0.5) is 4.39 Å². The number of hydrogen-bond acceptors (Lipinski definition) is 3. The van der Waals surface area contributed by atoms with Gasteiger partial charge in [-0.15, -0.1) is 0 Å². The molecule has 2 aromatic carbocycles. The van der Waals surface area contributed by atoms with Crippen molar-refractivity contribution in [2.75, 3.05) is 6.79 Å². The van der Waals surface area contributed by atoms with Crippen LogP contribution in [0.2, 0.25) is 0 Å². The van der Waals surface area contributed by atoms with Crippen molar-refractivity contribution in [1.29, 1.82) is 0 Å². The van der Waals surface area contributed by atoms with Crippen LogP contribution in [0, 0.1) is 5.82 Å². The van der Waals surface area contributed by atoms with E-state index in [1.807, 2.05) is 24.4 Å². The van der Waals surface area contributed by atoms with Crippen molar-refractivity contribution in [2.45, 2.75) is 24.8 Å². The molecule has 5 rings (SSSR count). The first kappa shape index (κ1) is 15.3. The van der Waals surface area contributed by atoms with Crippen molar-refractivity contribution >= 4 is 16.8 Å². The van der Waals surface area contributed by atoms with Gasteiger partial charge in [-0.3, -0.25) is 4.79 Å². The lowest BCUT2D eigenvalue weighted by atomic mass is 9.94. The average molecular weight is 352 g/mol. The van der Waals surface area contributed by atoms with Gasteiger partial charge in [-0.25, -0.2) is 4.39 Å². The maximum absolute atomic E-state index is 13.6. The third kappa shape index (κ3) is 2.33. The van der Waals surface area contributed by atoms with E-state index in [1.165, 1.54) is 12.1 Å². The Kier molecular flexibility index (Phi) is 3.22. The molecule has 0 radical (unpaired) electrons. The molecule has 1 saturated carbocycles. The van der Waals surface area contributed by atoms with Gasteiger partial charge in [0.15, 0.2) is 11.5 Å². The summed E-state index contributed by atoms with van der Waals surface area (Å²) >= 11 is 0. The fourth-order valence-corrected chi connectivity index (χ4v) is 3.63. The van der Waals surface area contributed by atoms with Gasteiger partial charge in [0.1, 0.15) is 5.82 Å². The van der Waals surface area contributed by atoms with Gasteiger partial charge in [0, 0.05) is 23.6 Å². The molecule has 26 heavy (non-hydrogen) atoms. The number of H-pyrrole nitrogens is 1. The van der Waals surface area contributed by atoms with E-state index in [0.717, 1.165) is 40.6 Å². The number of ether oxygens (including phenoxy) is 2. The lowest BCUT2D eigenvalue weighted by molar-refractivity contribution is -0.123. The van der Waals surface area contributed by atoms with Crippen molar-refractivity contribution in [2.24, 2.45) is 0 Å². The second-order valence-corrected chi connectivity index (χ2v) is 6.84. The normalized spacial score (nSPS) is 16.7. The minimum atomic E-state index is -0.567. The molecule has 2 N–H and O–H groups in total. The first-order chi connectivity index (χ1) is 12.7. The highest BCUT2D eigenvalue weighted by atomic mass is 19.1. The first-order valence-electron chi connectivity index (χ1n) is 8.60. The van der Waals surface area contributed by atoms with E-state index in [2.05, 4.69) is 10.3 Å². The Morgan fingerprint density at radius 3 is 2.85 bits per heavy atom. The summed E-state index contributed by atoms with van der Waals surface area (Å²) in [5, 5.41) is 3.80. The summed E-state index contributed by atoms with van der Waals surface area (Å²) in [4.78, 5) is 16.0. The van der Waals surface area contributed by atoms with Crippen LogP contribution in [0.5, 0.6) is 11.5 Å². The summed E-state index contributed by atoms with van der Waals surface area (Å²) in [6.07, 6.45) is 3.37. The highest BCUT2D eigenvalue weighted by Crippen LogP contribution is 2.50. The Balaban J connectivity index is 1.37. The topological polar surface area (TPSA) is 63.4 Å². The van der Waals surface area contributed by atoms with Crippen molar-refractivity contribution in [3.8, 4) is 11.5 Å². The van der Waals surface area contributed by atoms with Crippen LogP contribution >= 0.6 is 0 Å². The summed E-state index contributed by atoms with van der Waals surface area (Å²) in [6, 6.07) is 10.2. The van der Waals surface area contributed by atoms with E-state index >= 15 is 0 Å². The third-order valence-electron chi connectivity index (χ3n) is 5.23. The lowest BCUT2D eigenvalue weighted by Gasteiger charge is -2.15. The molecule has 1 aromatic heterocycles. The SMILES string of the molecule is O=C(NCc1ccc2c(c1)OCO2)C1(c2c[nH]c3ccc(F)cc23)CC1. The molecule has 0 bridgehead atoms. The van der Waals surface area contributed by atoms with E-state index in [-0.39, 0.29) is 18.5 Å². The zero-order valence-electron chi connectivity index (χ0n) is 14.0. The molecule has 132 valence electrons. The third-order valence-corrected chi connectivity index (χ3v) is 5.23. The van der Waals surface area contributed by atoms with Crippen LogP contribution in [-0.2, 0) is 16.8 Å². The number of amides is 1. The van der Waals surface area contributed by atoms with E-state index in [0.29, 0.717) is 12.3 Å². The van der Waals surface area contributed by atoms with Crippen LogP contribution in [-0.4, -0.2) is 17.7 Å². The van der Waals surface area contributed by atoms with E-state index < -0.39 is 5.41 Å². The smallest absolute Gasteiger partial charge is 0.231 e. The minimum Gasteiger partial charge on any atom is -0.454 e. The summed E-state index contributed by atoms with van der Waals surface area (Å²) in [5.41, 5.74) is 2.09. The number of aromatic nitrogens is 1.